The third-order valence-corrected chi connectivity index (χ3v) is 6.54. The SMILES string of the molecule is Nc1c(N=Nc2ccc([N+](=O)[O-])cc2)c(SOOO)cc2cc(S(=O)(=O)[O-])c(N=Nc3ccccc3)c([O-])c12. The lowest BCUT2D eigenvalue weighted by molar-refractivity contribution is -0.432. The first-order valence-electron chi connectivity index (χ1n) is 10.4. The molecular weight excluding hydrogens is 556 g/mol. The molecular formula is C22H14N6O9S2-2. The van der Waals surface area contributed by atoms with E-state index in [4.69, 9.17) is 11.0 Å². The maximum Gasteiger partial charge on any atom is 0.269 e. The third-order valence-electron chi connectivity index (χ3n) is 5.07. The smallest absolute Gasteiger partial charge is 0.269 e. The number of nitro groups is 1. The predicted octanol–water partition coefficient (Wildman–Crippen LogP) is 5.57. The van der Waals surface area contributed by atoms with Crippen molar-refractivity contribution in [1.82, 2.24) is 0 Å². The second kappa shape index (κ2) is 11.5. The fraction of sp³-hybridized carbons (Fsp3) is 0. The van der Waals surface area contributed by atoms with Gasteiger partial charge >= 0.3 is 0 Å². The van der Waals surface area contributed by atoms with Crippen molar-refractivity contribution in [3.63, 3.8) is 0 Å². The van der Waals surface area contributed by atoms with Crippen LogP contribution in [0.4, 0.5) is 34.1 Å². The average Bonchev–Trinajstić information content (AvgIpc) is 2.90. The van der Waals surface area contributed by atoms with E-state index in [1.165, 1.54) is 42.5 Å². The van der Waals surface area contributed by atoms with Crippen molar-refractivity contribution in [2.45, 2.75) is 9.79 Å². The Balaban J connectivity index is 1.92. The quantitative estimate of drug-likeness (QED) is 0.0479. The largest absolute Gasteiger partial charge is 0.870 e. The highest BCUT2D eigenvalue weighted by Gasteiger charge is 2.20. The molecule has 0 saturated heterocycles. The Bertz CT molecular complexity index is 1710. The Kier molecular flexibility index (Phi) is 8.10. The lowest BCUT2D eigenvalue weighted by Crippen LogP contribution is -2.04. The summed E-state index contributed by atoms with van der Waals surface area (Å²) in [6.07, 6.45) is 0. The molecule has 0 bridgehead atoms. The lowest BCUT2D eigenvalue weighted by atomic mass is 10.1. The van der Waals surface area contributed by atoms with Crippen LogP contribution in [0.15, 0.2) is 97.0 Å². The van der Waals surface area contributed by atoms with Crippen LogP contribution in [0, 0.1) is 10.1 Å². The van der Waals surface area contributed by atoms with Crippen molar-refractivity contribution in [2.75, 3.05) is 5.73 Å². The van der Waals surface area contributed by atoms with Gasteiger partial charge in [0.25, 0.3) is 5.69 Å². The molecule has 0 fully saturated rings. The van der Waals surface area contributed by atoms with Crippen LogP contribution in [-0.2, 0) is 19.5 Å². The summed E-state index contributed by atoms with van der Waals surface area (Å²) in [5, 5.41) is 51.7. The van der Waals surface area contributed by atoms with Crippen LogP contribution >= 0.6 is 12.0 Å². The molecule has 3 N–H and O–H groups in total. The van der Waals surface area contributed by atoms with Crippen molar-refractivity contribution in [2.24, 2.45) is 20.5 Å². The van der Waals surface area contributed by atoms with Crippen LogP contribution in [0.1, 0.15) is 0 Å². The number of non-ortho nitro benzene ring substituents is 1. The molecule has 0 atom stereocenters. The molecule has 0 aliphatic carbocycles. The van der Waals surface area contributed by atoms with E-state index < -0.39 is 31.4 Å². The molecule has 0 aliphatic heterocycles. The molecule has 0 amide bonds. The van der Waals surface area contributed by atoms with Crippen LogP contribution in [0.3, 0.4) is 0 Å². The molecule has 0 unspecified atom stereocenters. The minimum Gasteiger partial charge on any atom is -0.870 e. The molecule has 4 rings (SSSR count). The van der Waals surface area contributed by atoms with E-state index in [1.807, 2.05) is 0 Å². The number of nitro benzene ring substituents is 1. The number of hydrogen-bond acceptors (Lipinski definition) is 15. The highest BCUT2D eigenvalue weighted by Crippen LogP contribution is 2.48. The van der Waals surface area contributed by atoms with Gasteiger partial charge in [0.15, 0.2) is 0 Å². The zero-order valence-electron chi connectivity index (χ0n) is 19.2. The molecule has 0 aromatic heterocycles. The first-order valence-corrected chi connectivity index (χ1v) is 12.6. The van der Waals surface area contributed by atoms with Gasteiger partial charge in [0.2, 0.25) is 0 Å². The molecule has 0 radical (unpaired) electrons. The summed E-state index contributed by atoms with van der Waals surface area (Å²) in [5.41, 5.74) is 5.29. The van der Waals surface area contributed by atoms with Gasteiger partial charge in [-0.05, 0) is 41.8 Å². The maximum atomic E-state index is 13.4. The van der Waals surface area contributed by atoms with E-state index in [9.17, 15) is 28.2 Å². The summed E-state index contributed by atoms with van der Waals surface area (Å²) in [6, 6.07) is 15.2. The van der Waals surface area contributed by atoms with Gasteiger partial charge in [0.05, 0.1) is 49.5 Å². The highest BCUT2D eigenvalue weighted by molar-refractivity contribution is 7.94. The standard InChI is InChI=1S/C22H16N6O9S2/c23-19-18-12(11-17(39(33,34)35)21(22(18)29)27-24-13-4-2-1-3-5-13)10-16(38-37-36-32)20(19)26-25-14-6-8-15(9-7-14)28(30)31/h1-11,29,32H,23H2,(H,33,34,35)/p-2. The number of nitrogens with zero attached hydrogens (tertiary/aromatic N) is 5. The molecule has 0 saturated carbocycles. The van der Waals surface area contributed by atoms with Crippen LogP contribution in [-0.4, -0.2) is 23.2 Å². The summed E-state index contributed by atoms with van der Waals surface area (Å²) in [6.45, 7) is 0. The monoisotopic (exact) mass is 570 g/mol. The number of anilines is 1. The molecule has 0 spiro atoms. The summed E-state index contributed by atoms with van der Waals surface area (Å²) < 4.78 is 40.5. The van der Waals surface area contributed by atoms with Gasteiger partial charge in [-0.2, -0.15) is 10.2 Å². The predicted molar refractivity (Wildman–Crippen MR) is 134 cm³/mol. The van der Waals surface area contributed by atoms with Gasteiger partial charge in [0.1, 0.15) is 15.8 Å². The molecule has 200 valence electrons. The zero-order chi connectivity index (χ0) is 28.2. The van der Waals surface area contributed by atoms with Gasteiger partial charge in [-0.1, -0.05) is 29.0 Å². The summed E-state index contributed by atoms with van der Waals surface area (Å²) in [5.74, 6) is -1.03. The molecule has 4 aromatic rings. The highest BCUT2D eigenvalue weighted by atomic mass is 32.2. The fourth-order valence-electron chi connectivity index (χ4n) is 3.35. The zero-order valence-corrected chi connectivity index (χ0v) is 20.8. The second-order valence-corrected chi connectivity index (χ2v) is 9.57. The Morgan fingerprint density at radius 3 is 2.13 bits per heavy atom. The third kappa shape index (κ3) is 6.14. The Hall–Kier alpha value is -4.52. The van der Waals surface area contributed by atoms with Gasteiger partial charge < -0.3 is 15.4 Å². The van der Waals surface area contributed by atoms with E-state index in [0.29, 0.717) is 12.0 Å². The summed E-state index contributed by atoms with van der Waals surface area (Å²) >= 11 is 0.382. The van der Waals surface area contributed by atoms with E-state index >= 15 is 0 Å². The number of hydrogen-bond donors (Lipinski definition) is 2. The van der Waals surface area contributed by atoms with E-state index in [0.717, 1.165) is 6.07 Å². The van der Waals surface area contributed by atoms with Crippen LogP contribution in [0.5, 0.6) is 5.75 Å². The van der Waals surface area contributed by atoms with Crippen molar-refractivity contribution >= 4 is 67.1 Å². The fourth-order valence-corrected chi connectivity index (χ4v) is 4.50. The molecule has 0 heterocycles. The van der Waals surface area contributed by atoms with Crippen LogP contribution in [0.2, 0.25) is 0 Å². The second-order valence-electron chi connectivity index (χ2n) is 7.48. The first kappa shape index (κ1) is 27.5. The topological polar surface area (TPSA) is 238 Å². The van der Waals surface area contributed by atoms with E-state index in [-0.39, 0.29) is 44.1 Å². The first-order chi connectivity index (χ1) is 18.6. The number of azo groups is 2. The van der Waals surface area contributed by atoms with Crippen molar-refractivity contribution in [3.8, 4) is 5.75 Å². The number of fused-ring (bicyclic) bond motifs is 1. The molecule has 39 heavy (non-hydrogen) atoms. The van der Waals surface area contributed by atoms with E-state index in [1.54, 1.807) is 18.2 Å². The molecule has 0 aliphatic rings. The van der Waals surface area contributed by atoms with Crippen molar-refractivity contribution in [1.29, 1.82) is 0 Å². The van der Waals surface area contributed by atoms with Crippen LogP contribution in [0.25, 0.3) is 10.8 Å². The minimum absolute atomic E-state index is 0.00739. The summed E-state index contributed by atoms with van der Waals surface area (Å²) in [4.78, 5) is 9.33. The normalized spacial score (nSPS) is 12.1. The number of rotatable bonds is 9. The average molecular weight is 571 g/mol. The number of benzene rings is 4. The molecule has 4 aromatic carbocycles. The molecule has 15 nitrogen and oxygen atoms in total. The summed E-state index contributed by atoms with van der Waals surface area (Å²) in [7, 11) is -5.20. The van der Waals surface area contributed by atoms with Crippen molar-refractivity contribution < 1.29 is 37.6 Å². The van der Waals surface area contributed by atoms with Gasteiger partial charge in [-0.15, -0.1) is 14.6 Å². The van der Waals surface area contributed by atoms with Crippen LogP contribution < -0.4 is 10.8 Å². The van der Waals surface area contributed by atoms with Gasteiger partial charge in [-0.3, -0.25) is 10.1 Å². The number of nitrogens with two attached hydrogens (primary N) is 1. The van der Waals surface area contributed by atoms with Gasteiger partial charge in [0, 0.05) is 17.5 Å². The lowest BCUT2D eigenvalue weighted by Gasteiger charge is -2.21. The van der Waals surface area contributed by atoms with E-state index in [2.05, 4.69) is 29.8 Å². The van der Waals surface area contributed by atoms with Crippen molar-refractivity contribution in [3.05, 3.63) is 76.8 Å². The van der Waals surface area contributed by atoms with Gasteiger partial charge in [-0.25, -0.2) is 13.7 Å². The maximum absolute atomic E-state index is 13.4. The Morgan fingerprint density at radius 1 is 0.923 bits per heavy atom. The molecule has 17 heteroatoms. The number of nitrogen functional groups attached to an aromatic ring is 1. The Labute approximate surface area is 223 Å². The minimum atomic E-state index is -5.20. The Morgan fingerprint density at radius 2 is 1.54 bits per heavy atom.